The zero-order valence-electron chi connectivity index (χ0n) is 12.7. The highest BCUT2D eigenvalue weighted by Gasteiger charge is 2.17. The van der Waals surface area contributed by atoms with Crippen molar-refractivity contribution in [3.63, 3.8) is 0 Å². The summed E-state index contributed by atoms with van der Waals surface area (Å²) < 4.78 is 10.8. The van der Waals surface area contributed by atoms with E-state index in [-0.39, 0.29) is 12.3 Å². The molecular weight excluding hydrogens is 256 g/mol. The maximum atomic E-state index is 10.8. The number of carboxylic acid groups (broad SMARTS) is 1. The predicted octanol–water partition coefficient (Wildman–Crippen LogP) is 3.31. The first kappa shape index (κ1) is 16.3. The van der Waals surface area contributed by atoms with Gasteiger partial charge >= 0.3 is 5.97 Å². The van der Waals surface area contributed by atoms with Gasteiger partial charge in [0.25, 0.3) is 0 Å². The van der Waals surface area contributed by atoms with Gasteiger partial charge in [-0.25, -0.2) is 0 Å². The molecule has 4 heteroatoms. The van der Waals surface area contributed by atoms with Crippen LogP contribution in [0.2, 0.25) is 0 Å². The van der Waals surface area contributed by atoms with Gasteiger partial charge in [-0.2, -0.15) is 0 Å². The van der Waals surface area contributed by atoms with Crippen LogP contribution >= 0.6 is 0 Å². The molecule has 1 rings (SSSR count). The monoisotopic (exact) mass is 280 g/mol. The molecule has 0 saturated carbocycles. The van der Waals surface area contributed by atoms with Crippen LogP contribution in [-0.4, -0.2) is 25.3 Å². The summed E-state index contributed by atoms with van der Waals surface area (Å²) in [7, 11) is 3.27. The maximum absolute atomic E-state index is 10.8. The highest BCUT2D eigenvalue weighted by Crippen LogP contribution is 2.35. The Balaban J connectivity index is 3.08. The van der Waals surface area contributed by atoms with E-state index in [1.807, 2.05) is 19.1 Å². The van der Waals surface area contributed by atoms with Gasteiger partial charge in [0.1, 0.15) is 0 Å². The maximum Gasteiger partial charge on any atom is 0.303 e. The first-order chi connectivity index (χ1) is 9.53. The van der Waals surface area contributed by atoms with Crippen LogP contribution in [-0.2, 0) is 17.6 Å². The third-order valence-electron chi connectivity index (χ3n) is 3.34. The lowest BCUT2D eigenvalue weighted by molar-refractivity contribution is -0.137. The molecule has 0 spiro atoms. The van der Waals surface area contributed by atoms with Crippen molar-refractivity contribution < 1.29 is 19.4 Å². The Labute approximate surface area is 120 Å². The van der Waals surface area contributed by atoms with Gasteiger partial charge in [-0.05, 0) is 30.4 Å². The molecule has 0 aliphatic heterocycles. The van der Waals surface area contributed by atoms with E-state index in [0.717, 1.165) is 41.9 Å². The number of hydrogen-bond acceptors (Lipinski definition) is 3. The summed E-state index contributed by atoms with van der Waals surface area (Å²) in [6.07, 6.45) is 2.82. The Morgan fingerprint density at radius 1 is 1.30 bits per heavy atom. The number of rotatable bonds is 8. The second-order valence-electron chi connectivity index (χ2n) is 5.10. The first-order valence-electron chi connectivity index (χ1n) is 6.97. The molecule has 0 heterocycles. The number of hydrogen-bond donors (Lipinski definition) is 1. The van der Waals surface area contributed by atoms with Gasteiger partial charge in [0.05, 0.1) is 14.2 Å². The topological polar surface area (TPSA) is 55.8 Å². The molecule has 1 aromatic rings. The molecule has 112 valence electrons. The summed E-state index contributed by atoms with van der Waals surface area (Å²) in [6.45, 7) is 4.07. The molecule has 0 fully saturated rings. The van der Waals surface area contributed by atoms with E-state index >= 15 is 0 Å². The lowest BCUT2D eigenvalue weighted by Crippen LogP contribution is -2.09. The van der Waals surface area contributed by atoms with Crippen molar-refractivity contribution in [2.24, 2.45) is 5.92 Å². The molecule has 0 bridgehead atoms. The van der Waals surface area contributed by atoms with E-state index in [4.69, 9.17) is 14.6 Å². The molecule has 0 saturated heterocycles. The van der Waals surface area contributed by atoms with Crippen LogP contribution in [0.15, 0.2) is 12.1 Å². The summed E-state index contributed by atoms with van der Waals surface area (Å²) in [5, 5.41) is 8.87. The Morgan fingerprint density at radius 2 is 2.00 bits per heavy atom. The van der Waals surface area contributed by atoms with E-state index in [0.29, 0.717) is 0 Å². The SMILES string of the molecule is CCCc1c(CC(C)CC(=O)O)ccc(OC)c1OC. The summed E-state index contributed by atoms with van der Waals surface area (Å²) in [5.41, 5.74) is 2.28. The molecule has 0 aliphatic rings. The predicted molar refractivity (Wildman–Crippen MR) is 78.7 cm³/mol. The molecule has 0 aromatic heterocycles. The molecular formula is C16H24O4. The van der Waals surface area contributed by atoms with E-state index in [9.17, 15) is 4.79 Å². The van der Waals surface area contributed by atoms with E-state index in [2.05, 4.69) is 6.92 Å². The molecule has 1 atom stereocenters. The minimum absolute atomic E-state index is 0.0983. The first-order valence-corrected chi connectivity index (χ1v) is 6.97. The van der Waals surface area contributed by atoms with E-state index in [1.165, 1.54) is 0 Å². The van der Waals surface area contributed by atoms with Crippen LogP contribution in [0.25, 0.3) is 0 Å². The zero-order chi connectivity index (χ0) is 15.1. The highest BCUT2D eigenvalue weighted by atomic mass is 16.5. The summed E-state index contributed by atoms with van der Waals surface area (Å²) >= 11 is 0. The van der Waals surface area contributed by atoms with Crippen molar-refractivity contribution in [2.75, 3.05) is 14.2 Å². The summed E-state index contributed by atoms with van der Waals surface area (Å²) in [5.74, 6) is 0.844. The van der Waals surface area contributed by atoms with Gasteiger partial charge in [0.15, 0.2) is 11.5 Å². The molecule has 20 heavy (non-hydrogen) atoms. The Kier molecular flexibility index (Phi) is 6.36. The van der Waals surface area contributed by atoms with Crippen LogP contribution in [0.4, 0.5) is 0 Å². The molecule has 0 radical (unpaired) electrons. The zero-order valence-corrected chi connectivity index (χ0v) is 12.7. The number of ether oxygens (including phenoxy) is 2. The fourth-order valence-corrected chi connectivity index (χ4v) is 2.49. The van der Waals surface area contributed by atoms with E-state index < -0.39 is 5.97 Å². The Morgan fingerprint density at radius 3 is 2.50 bits per heavy atom. The second kappa shape index (κ2) is 7.78. The number of aliphatic carboxylic acids is 1. The largest absolute Gasteiger partial charge is 0.493 e. The number of methoxy groups -OCH3 is 2. The minimum atomic E-state index is -0.755. The smallest absolute Gasteiger partial charge is 0.303 e. The average Bonchev–Trinajstić information content (AvgIpc) is 2.39. The summed E-state index contributed by atoms with van der Waals surface area (Å²) in [4.78, 5) is 10.8. The Hall–Kier alpha value is -1.71. The van der Waals surface area contributed by atoms with Crippen LogP contribution in [0, 0.1) is 5.92 Å². The summed E-state index contributed by atoms with van der Waals surface area (Å²) in [6, 6.07) is 3.91. The van der Waals surface area contributed by atoms with Gasteiger partial charge in [-0.1, -0.05) is 26.3 Å². The molecule has 4 nitrogen and oxygen atoms in total. The fourth-order valence-electron chi connectivity index (χ4n) is 2.49. The number of carboxylic acids is 1. The standard InChI is InChI=1S/C16H24O4/c1-5-6-13-12(9-11(2)10-15(17)18)7-8-14(19-3)16(13)20-4/h7-8,11H,5-6,9-10H2,1-4H3,(H,17,18). The molecule has 0 amide bonds. The van der Waals surface area contributed by atoms with Gasteiger partial charge in [0, 0.05) is 12.0 Å². The molecule has 1 aromatic carbocycles. The van der Waals surface area contributed by atoms with Crippen LogP contribution in [0.5, 0.6) is 11.5 Å². The molecule has 1 N–H and O–H groups in total. The third-order valence-corrected chi connectivity index (χ3v) is 3.34. The number of carbonyl (C=O) groups is 1. The second-order valence-corrected chi connectivity index (χ2v) is 5.10. The Bertz CT molecular complexity index is 454. The van der Waals surface area contributed by atoms with Gasteiger partial charge in [0.2, 0.25) is 0 Å². The van der Waals surface area contributed by atoms with Crippen molar-refractivity contribution in [3.05, 3.63) is 23.3 Å². The quantitative estimate of drug-likeness (QED) is 0.793. The third kappa shape index (κ3) is 4.15. The van der Waals surface area contributed by atoms with Gasteiger partial charge in [-0.3, -0.25) is 4.79 Å². The van der Waals surface area contributed by atoms with Crippen LogP contribution in [0.1, 0.15) is 37.8 Å². The van der Waals surface area contributed by atoms with Crippen molar-refractivity contribution in [2.45, 2.75) is 39.5 Å². The van der Waals surface area contributed by atoms with Gasteiger partial charge < -0.3 is 14.6 Å². The van der Waals surface area contributed by atoms with E-state index in [1.54, 1.807) is 14.2 Å². The van der Waals surface area contributed by atoms with Crippen molar-refractivity contribution >= 4 is 5.97 Å². The molecule has 1 unspecified atom stereocenters. The normalized spacial score (nSPS) is 12.0. The van der Waals surface area contributed by atoms with Crippen LogP contribution < -0.4 is 9.47 Å². The highest BCUT2D eigenvalue weighted by molar-refractivity contribution is 5.67. The lowest BCUT2D eigenvalue weighted by atomic mass is 9.92. The minimum Gasteiger partial charge on any atom is -0.493 e. The molecule has 0 aliphatic carbocycles. The van der Waals surface area contributed by atoms with Crippen LogP contribution in [0.3, 0.4) is 0 Å². The lowest BCUT2D eigenvalue weighted by Gasteiger charge is -2.18. The van der Waals surface area contributed by atoms with Crippen molar-refractivity contribution in [1.29, 1.82) is 0 Å². The van der Waals surface area contributed by atoms with Gasteiger partial charge in [-0.15, -0.1) is 0 Å². The van der Waals surface area contributed by atoms with Crippen molar-refractivity contribution in [1.82, 2.24) is 0 Å². The van der Waals surface area contributed by atoms with Crippen molar-refractivity contribution in [3.8, 4) is 11.5 Å². The fraction of sp³-hybridized carbons (Fsp3) is 0.562. The average molecular weight is 280 g/mol. The number of benzene rings is 1.